The summed E-state index contributed by atoms with van der Waals surface area (Å²) in [5, 5.41) is 9.25. The van der Waals surface area contributed by atoms with Crippen molar-refractivity contribution >= 4 is 5.97 Å². The monoisotopic (exact) mass is 294 g/mol. The van der Waals surface area contributed by atoms with Crippen molar-refractivity contribution in [1.82, 2.24) is 0 Å². The van der Waals surface area contributed by atoms with Crippen LogP contribution in [0.3, 0.4) is 0 Å². The smallest absolute Gasteiger partial charge is 0.306 e. The van der Waals surface area contributed by atoms with Gasteiger partial charge in [-0.15, -0.1) is 0 Å². The van der Waals surface area contributed by atoms with Gasteiger partial charge in [0.05, 0.1) is 5.92 Å². The van der Waals surface area contributed by atoms with Crippen LogP contribution in [0.4, 0.5) is 17.6 Å². The quantitative estimate of drug-likeness (QED) is 0.783. The number of carboxylic acids is 1. The van der Waals surface area contributed by atoms with Crippen LogP contribution in [0.2, 0.25) is 0 Å². The first-order chi connectivity index (χ1) is 9.16. The van der Waals surface area contributed by atoms with Gasteiger partial charge in [-0.3, -0.25) is 4.79 Å². The third kappa shape index (κ3) is 2.11. The first-order valence-corrected chi connectivity index (χ1v) is 7.14. The average Bonchev–Trinajstić information content (AvgIpc) is 2.68. The second-order valence-corrected chi connectivity index (χ2v) is 6.87. The van der Waals surface area contributed by atoms with Crippen molar-refractivity contribution in [3.05, 3.63) is 0 Å². The predicted octanol–water partition coefficient (Wildman–Crippen LogP) is 3.95. The van der Waals surface area contributed by atoms with E-state index in [1.165, 1.54) is 0 Å². The van der Waals surface area contributed by atoms with Crippen molar-refractivity contribution in [3.8, 4) is 0 Å². The minimum atomic E-state index is -2.76. The first kappa shape index (κ1) is 14.1. The van der Waals surface area contributed by atoms with Gasteiger partial charge in [0.15, 0.2) is 0 Å². The molecule has 3 saturated carbocycles. The molecule has 0 aromatic carbocycles. The molecule has 1 spiro atoms. The molecular weight excluding hydrogens is 276 g/mol. The van der Waals surface area contributed by atoms with Gasteiger partial charge in [-0.1, -0.05) is 0 Å². The van der Waals surface area contributed by atoms with Gasteiger partial charge in [-0.05, 0) is 37.5 Å². The van der Waals surface area contributed by atoms with Crippen LogP contribution in [-0.4, -0.2) is 22.9 Å². The molecule has 0 amide bonds. The average molecular weight is 294 g/mol. The van der Waals surface area contributed by atoms with Crippen molar-refractivity contribution in [3.63, 3.8) is 0 Å². The van der Waals surface area contributed by atoms with E-state index in [4.69, 9.17) is 0 Å². The number of carboxylic acid groups (broad SMARTS) is 1. The minimum absolute atomic E-state index is 0.00684. The fourth-order valence-electron chi connectivity index (χ4n) is 4.33. The summed E-state index contributed by atoms with van der Waals surface area (Å²) in [4.78, 5) is 11.3. The molecule has 0 saturated heterocycles. The summed E-state index contributed by atoms with van der Waals surface area (Å²) in [6.07, 6.45) is -0.0246. The van der Waals surface area contributed by atoms with Gasteiger partial charge in [0.25, 0.3) is 5.92 Å². The summed E-state index contributed by atoms with van der Waals surface area (Å²) in [7, 11) is 0. The highest BCUT2D eigenvalue weighted by molar-refractivity contribution is 5.71. The van der Waals surface area contributed by atoms with Gasteiger partial charge in [-0.2, -0.15) is 0 Å². The Hall–Kier alpha value is -0.810. The lowest BCUT2D eigenvalue weighted by molar-refractivity contribution is -0.144. The van der Waals surface area contributed by atoms with Crippen LogP contribution in [0.1, 0.15) is 44.9 Å². The molecule has 0 bridgehead atoms. The Kier molecular flexibility index (Phi) is 2.90. The number of hydrogen-bond donors (Lipinski definition) is 1. The number of alkyl halides is 4. The van der Waals surface area contributed by atoms with Crippen LogP contribution in [-0.2, 0) is 4.79 Å². The highest BCUT2D eigenvalue weighted by Gasteiger charge is 2.75. The van der Waals surface area contributed by atoms with Crippen molar-refractivity contribution in [2.45, 2.75) is 56.8 Å². The standard InChI is InChI=1S/C14H18F4O2/c15-13(16)3-1-8(2-4-13)9-5-12(7-14(12,17)18)6-10(9)11(19)20/h8-10H,1-7H2,(H,19,20)/t9?,10-,12?/m1/s1. The maximum atomic E-state index is 13.5. The molecule has 0 aromatic rings. The maximum Gasteiger partial charge on any atom is 0.306 e. The molecule has 6 heteroatoms. The Morgan fingerprint density at radius 2 is 1.60 bits per heavy atom. The maximum absolute atomic E-state index is 13.5. The molecule has 0 aromatic heterocycles. The Morgan fingerprint density at radius 1 is 1.05 bits per heavy atom. The number of rotatable bonds is 2. The summed E-state index contributed by atoms with van der Waals surface area (Å²) in [5.74, 6) is -7.78. The molecule has 3 atom stereocenters. The van der Waals surface area contributed by atoms with Gasteiger partial charge in [0.1, 0.15) is 0 Å². The molecule has 114 valence electrons. The normalized spacial score (nSPS) is 42.8. The van der Waals surface area contributed by atoms with Crippen molar-refractivity contribution in [2.75, 3.05) is 0 Å². The number of halogens is 4. The van der Waals surface area contributed by atoms with E-state index in [0.29, 0.717) is 0 Å². The van der Waals surface area contributed by atoms with E-state index in [-0.39, 0.29) is 56.8 Å². The van der Waals surface area contributed by atoms with Gasteiger partial charge in [0.2, 0.25) is 5.92 Å². The number of aliphatic carboxylic acids is 1. The van der Waals surface area contributed by atoms with E-state index >= 15 is 0 Å². The molecule has 3 rings (SSSR count). The molecule has 1 N–H and O–H groups in total. The first-order valence-electron chi connectivity index (χ1n) is 7.14. The zero-order valence-electron chi connectivity index (χ0n) is 11.0. The SMILES string of the molecule is O=C(O)[C@@H]1CC2(CC1C1CCC(F)(F)CC1)CC2(F)F. The summed E-state index contributed by atoms with van der Waals surface area (Å²) < 4.78 is 53.3. The topological polar surface area (TPSA) is 37.3 Å². The molecule has 2 nitrogen and oxygen atoms in total. The minimum Gasteiger partial charge on any atom is -0.481 e. The van der Waals surface area contributed by atoms with E-state index in [0.717, 1.165) is 0 Å². The molecule has 3 aliphatic carbocycles. The third-order valence-corrected chi connectivity index (χ3v) is 5.65. The van der Waals surface area contributed by atoms with E-state index in [1.807, 2.05) is 0 Å². The number of hydrogen-bond acceptors (Lipinski definition) is 1. The van der Waals surface area contributed by atoms with Crippen LogP contribution in [0.25, 0.3) is 0 Å². The molecule has 20 heavy (non-hydrogen) atoms. The predicted molar refractivity (Wildman–Crippen MR) is 62.8 cm³/mol. The van der Waals surface area contributed by atoms with Crippen molar-refractivity contribution < 1.29 is 27.5 Å². The lowest BCUT2D eigenvalue weighted by Crippen LogP contribution is -2.32. The molecule has 0 radical (unpaired) electrons. The van der Waals surface area contributed by atoms with E-state index in [9.17, 15) is 27.5 Å². The molecule has 0 heterocycles. The Balaban J connectivity index is 1.73. The molecule has 2 unspecified atom stereocenters. The van der Waals surface area contributed by atoms with Crippen LogP contribution in [0, 0.1) is 23.2 Å². The van der Waals surface area contributed by atoms with Gasteiger partial charge >= 0.3 is 5.97 Å². The van der Waals surface area contributed by atoms with E-state index in [1.54, 1.807) is 0 Å². The zero-order valence-corrected chi connectivity index (χ0v) is 11.0. The van der Waals surface area contributed by atoms with E-state index < -0.39 is 29.1 Å². The highest BCUT2D eigenvalue weighted by atomic mass is 19.3. The summed E-state index contributed by atoms with van der Waals surface area (Å²) >= 11 is 0. The zero-order chi connectivity index (χ0) is 14.8. The summed E-state index contributed by atoms with van der Waals surface area (Å²) in [6, 6.07) is 0. The Morgan fingerprint density at radius 3 is 2.05 bits per heavy atom. The molecule has 3 fully saturated rings. The van der Waals surface area contributed by atoms with Crippen LogP contribution in [0.15, 0.2) is 0 Å². The van der Waals surface area contributed by atoms with Crippen molar-refractivity contribution in [1.29, 1.82) is 0 Å². The third-order valence-electron chi connectivity index (χ3n) is 5.65. The van der Waals surface area contributed by atoms with Gasteiger partial charge < -0.3 is 5.11 Å². The largest absolute Gasteiger partial charge is 0.481 e. The Bertz CT molecular complexity index is 427. The molecule has 0 aliphatic heterocycles. The second kappa shape index (κ2) is 4.10. The summed E-state index contributed by atoms with van der Waals surface area (Å²) in [6.45, 7) is 0. The van der Waals surface area contributed by atoms with Crippen molar-refractivity contribution in [2.24, 2.45) is 23.2 Å². The van der Waals surface area contributed by atoms with Gasteiger partial charge in [0, 0.05) is 24.7 Å². The second-order valence-electron chi connectivity index (χ2n) is 6.87. The molecular formula is C14H18F4O2. The Labute approximate surface area is 114 Å². The van der Waals surface area contributed by atoms with Crippen LogP contribution >= 0.6 is 0 Å². The fourth-order valence-corrected chi connectivity index (χ4v) is 4.33. The lowest BCUT2D eigenvalue weighted by Gasteiger charge is -2.33. The highest BCUT2D eigenvalue weighted by Crippen LogP contribution is 2.72. The fraction of sp³-hybridized carbons (Fsp3) is 0.929. The lowest BCUT2D eigenvalue weighted by atomic mass is 9.74. The van der Waals surface area contributed by atoms with E-state index in [2.05, 4.69) is 0 Å². The molecule has 3 aliphatic rings. The van der Waals surface area contributed by atoms with Gasteiger partial charge in [-0.25, -0.2) is 17.6 Å². The van der Waals surface area contributed by atoms with Crippen LogP contribution < -0.4 is 0 Å². The summed E-state index contributed by atoms with van der Waals surface area (Å²) in [5.41, 5.74) is -1.15. The number of carbonyl (C=O) groups is 1. The van der Waals surface area contributed by atoms with Crippen LogP contribution in [0.5, 0.6) is 0 Å².